The van der Waals surface area contributed by atoms with Gasteiger partial charge in [-0.1, -0.05) is 55.4 Å². The number of aliphatic hydroxyl groups excluding tert-OH is 1. The average molecular weight is 342 g/mol. The first-order chi connectivity index (χ1) is 12.2. The second-order valence-corrected chi connectivity index (χ2v) is 6.85. The highest BCUT2D eigenvalue weighted by Crippen LogP contribution is 2.29. The van der Waals surface area contributed by atoms with Crippen LogP contribution in [0, 0.1) is 17.8 Å². The van der Waals surface area contributed by atoms with E-state index in [1.807, 2.05) is 18.2 Å². The first-order valence-electron chi connectivity index (χ1n) is 9.28. The minimum Gasteiger partial charge on any atom is -0.461 e. The number of esters is 1. The maximum absolute atomic E-state index is 12.6. The van der Waals surface area contributed by atoms with Gasteiger partial charge in [0.05, 0.1) is 12.0 Å². The molecule has 0 heterocycles. The van der Waals surface area contributed by atoms with Crippen molar-refractivity contribution >= 4 is 5.97 Å². The molecular weight excluding hydrogens is 316 g/mol. The summed E-state index contributed by atoms with van der Waals surface area (Å²) in [6.45, 7) is 0. The highest BCUT2D eigenvalue weighted by atomic mass is 16.6. The number of allylic oxidation sites excluding steroid dienone is 4. The standard InChI is InChI=1S/C21H26O4/c22-20(24-16-10-4-1-2-5-11-16)18-14-8-9-15-19(18)21(23)25-17-12-6-3-7-13-17/h1,4,8-9,15-18,21,23H,3,6-7,10-14H2. The average Bonchev–Trinajstić information content (AvgIpc) is 2.91. The van der Waals surface area contributed by atoms with E-state index >= 15 is 0 Å². The SMILES string of the molecule is O=C(OC1CC#CC=CC1)C1CC=CC=C1C(O)OC1CCCCC1. The van der Waals surface area contributed by atoms with Crippen LogP contribution in [-0.4, -0.2) is 29.6 Å². The molecule has 0 amide bonds. The van der Waals surface area contributed by atoms with E-state index in [2.05, 4.69) is 11.8 Å². The molecule has 25 heavy (non-hydrogen) atoms. The van der Waals surface area contributed by atoms with Crippen molar-refractivity contribution in [3.63, 3.8) is 0 Å². The Labute approximate surface area is 149 Å². The lowest BCUT2D eigenvalue weighted by Gasteiger charge is -2.29. The van der Waals surface area contributed by atoms with Crippen LogP contribution in [0.15, 0.2) is 36.0 Å². The van der Waals surface area contributed by atoms with Gasteiger partial charge in [-0.15, -0.1) is 0 Å². The zero-order chi connectivity index (χ0) is 17.5. The smallest absolute Gasteiger partial charge is 0.313 e. The third-order valence-corrected chi connectivity index (χ3v) is 4.96. The Morgan fingerprint density at radius 2 is 2.00 bits per heavy atom. The Hall–Kier alpha value is -1.83. The molecule has 1 N–H and O–H groups in total. The summed E-state index contributed by atoms with van der Waals surface area (Å²) in [6, 6.07) is 0. The number of rotatable bonds is 5. The summed E-state index contributed by atoms with van der Waals surface area (Å²) >= 11 is 0. The lowest BCUT2D eigenvalue weighted by Crippen LogP contribution is -2.33. The monoisotopic (exact) mass is 342 g/mol. The number of hydrogen-bond acceptors (Lipinski definition) is 4. The molecule has 0 aromatic heterocycles. The third kappa shape index (κ3) is 5.07. The molecule has 3 rings (SSSR count). The summed E-state index contributed by atoms with van der Waals surface area (Å²) in [5.41, 5.74) is 0.605. The molecule has 3 atom stereocenters. The van der Waals surface area contributed by atoms with Crippen molar-refractivity contribution in [2.45, 2.75) is 69.9 Å². The Balaban J connectivity index is 1.60. The zero-order valence-corrected chi connectivity index (χ0v) is 14.5. The molecule has 0 saturated heterocycles. The van der Waals surface area contributed by atoms with Gasteiger partial charge >= 0.3 is 5.97 Å². The van der Waals surface area contributed by atoms with Gasteiger partial charge in [-0.25, -0.2) is 0 Å². The predicted octanol–water partition coefficient (Wildman–Crippen LogP) is 3.42. The van der Waals surface area contributed by atoms with E-state index in [1.165, 1.54) is 6.42 Å². The van der Waals surface area contributed by atoms with Crippen LogP contribution in [0.2, 0.25) is 0 Å². The van der Waals surface area contributed by atoms with Gasteiger partial charge in [-0.05, 0) is 30.9 Å². The zero-order valence-electron chi connectivity index (χ0n) is 14.5. The van der Waals surface area contributed by atoms with Crippen LogP contribution in [0.25, 0.3) is 0 Å². The Kier molecular flexibility index (Phi) is 6.49. The van der Waals surface area contributed by atoms with Crippen LogP contribution in [0.3, 0.4) is 0 Å². The molecule has 4 heteroatoms. The summed E-state index contributed by atoms with van der Waals surface area (Å²) in [7, 11) is 0. The molecule has 1 saturated carbocycles. The number of carbonyl (C=O) groups is 1. The van der Waals surface area contributed by atoms with E-state index in [-0.39, 0.29) is 18.2 Å². The minimum atomic E-state index is -1.04. The maximum atomic E-state index is 12.6. The lowest BCUT2D eigenvalue weighted by atomic mass is 9.90. The van der Waals surface area contributed by atoms with Crippen molar-refractivity contribution in [3.05, 3.63) is 36.0 Å². The molecule has 4 nitrogen and oxygen atoms in total. The van der Waals surface area contributed by atoms with Crippen LogP contribution in [-0.2, 0) is 14.3 Å². The van der Waals surface area contributed by atoms with E-state index in [4.69, 9.17) is 9.47 Å². The van der Waals surface area contributed by atoms with Crippen molar-refractivity contribution in [3.8, 4) is 11.8 Å². The molecule has 0 radical (unpaired) electrons. The largest absolute Gasteiger partial charge is 0.461 e. The summed E-state index contributed by atoms with van der Waals surface area (Å²) in [4.78, 5) is 12.6. The molecule has 0 aliphatic heterocycles. The Morgan fingerprint density at radius 3 is 2.84 bits per heavy atom. The molecule has 1 fully saturated rings. The third-order valence-electron chi connectivity index (χ3n) is 4.96. The molecule has 0 spiro atoms. The fourth-order valence-electron chi connectivity index (χ4n) is 3.52. The van der Waals surface area contributed by atoms with Gasteiger partial charge in [0.1, 0.15) is 6.10 Å². The minimum absolute atomic E-state index is 0.0782. The van der Waals surface area contributed by atoms with Gasteiger partial charge in [-0.3, -0.25) is 4.79 Å². The number of aliphatic hydroxyl groups is 1. The maximum Gasteiger partial charge on any atom is 0.313 e. The van der Waals surface area contributed by atoms with Crippen LogP contribution < -0.4 is 0 Å². The van der Waals surface area contributed by atoms with Gasteiger partial charge in [-0.2, -0.15) is 0 Å². The lowest BCUT2D eigenvalue weighted by molar-refractivity contribution is -0.157. The molecular formula is C21H26O4. The molecule has 0 bridgehead atoms. The highest BCUT2D eigenvalue weighted by molar-refractivity contribution is 5.77. The van der Waals surface area contributed by atoms with Crippen molar-refractivity contribution in [1.82, 2.24) is 0 Å². The van der Waals surface area contributed by atoms with Crippen molar-refractivity contribution in [2.24, 2.45) is 5.92 Å². The summed E-state index contributed by atoms with van der Waals surface area (Å²) in [5, 5.41) is 10.5. The van der Waals surface area contributed by atoms with E-state index in [0.717, 1.165) is 25.7 Å². The van der Waals surface area contributed by atoms with E-state index in [0.29, 0.717) is 24.8 Å². The van der Waals surface area contributed by atoms with Gasteiger partial charge in [0.15, 0.2) is 6.29 Å². The summed E-state index contributed by atoms with van der Waals surface area (Å²) in [5.74, 6) is 5.09. The van der Waals surface area contributed by atoms with Crippen LogP contribution >= 0.6 is 0 Å². The van der Waals surface area contributed by atoms with E-state index < -0.39 is 12.2 Å². The van der Waals surface area contributed by atoms with Gasteiger partial charge < -0.3 is 14.6 Å². The van der Waals surface area contributed by atoms with Crippen LogP contribution in [0.4, 0.5) is 0 Å². The van der Waals surface area contributed by atoms with Gasteiger partial charge in [0.2, 0.25) is 0 Å². The normalized spacial score (nSPS) is 27.6. The first kappa shape index (κ1) is 18.0. The Morgan fingerprint density at radius 1 is 1.16 bits per heavy atom. The fraction of sp³-hybridized carbons (Fsp3) is 0.571. The summed E-state index contributed by atoms with van der Waals surface area (Å²) < 4.78 is 11.5. The molecule has 3 aliphatic carbocycles. The van der Waals surface area contributed by atoms with Crippen molar-refractivity contribution < 1.29 is 19.4 Å². The first-order valence-corrected chi connectivity index (χ1v) is 9.28. The number of ether oxygens (including phenoxy) is 2. The molecule has 3 aliphatic rings. The molecule has 134 valence electrons. The summed E-state index contributed by atoms with van der Waals surface area (Å²) in [6.07, 6.45) is 15.3. The van der Waals surface area contributed by atoms with Gasteiger partial charge in [0, 0.05) is 12.8 Å². The molecule has 0 aromatic rings. The predicted molar refractivity (Wildman–Crippen MR) is 95.3 cm³/mol. The molecule has 0 aromatic carbocycles. The van der Waals surface area contributed by atoms with Crippen molar-refractivity contribution in [1.29, 1.82) is 0 Å². The number of carbonyl (C=O) groups excluding carboxylic acids is 1. The topological polar surface area (TPSA) is 55.8 Å². The second kappa shape index (κ2) is 9.03. The van der Waals surface area contributed by atoms with Crippen LogP contribution in [0.5, 0.6) is 0 Å². The molecule has 3 unspecified atom stereocenters. The quantitative estimate of drug-likeness (QED) is 0.472. The fourth-order valence-corrected chi connectivity index (χ4v) is 3.52. The van der Waals surface area contributed by atoms with Crippen LogP contribution in [0.1, 0.15) is 51.4 Å². The van der Waals surface area contributed by atoms with Crippen molar-refractivity contribution in [2.75, 3.05) is 0 Å². The number of hydrogen-bond donors (Lipinski definition) is 1. The van der Waals surface area contributed by atoms with Gasteiger partial charge in [0.25, 0.3) is 0 Å². The van der Waals surface area contributed by atoms with E-state index in [9.17, 15) is 9.90 Å². The Bertz CT molecular complexity index is 614. The second-order valence-electron chi connectivity index (χ2n) is 6.85. The highest BCUT2D eigenvalue weighted by Gasteiger charge is 2.32. The van der Waals surface area contributed by atoms with E-state index in [1.54, 1.807) is 12.2 Å².